The summed E-state index contributed by atoms with van der Waals surface area (Å²) in [6, 6.07) is 0. The standard InChI is InChI=1S/C7H15NO3/c1-8(2,3)5-6(9)4-7(10)11/h6,9H,4-5H2,1-3H3/t6-/m0/s1/i1D3,2D3,3D3,4D2. The summed E-state index contributed by atoms with van der Waals surface area (Å²) in [5.74, 6) is -2.43. The van der Waals surface area contributed by atoms with Crippen molar-refractivity contribution in [2.45, 2.75) is 12.5 Å². The monoisotopic (exact) mass is 172 g/mol. The van der Waals surface area contributed by atoms with E-state index in [-0.39, 0.29) is 0 Å². The van der Waals surface area contributed by atoms with Crippen molar-refractivity contribution in [3.63, 3.8) is 0 Å². The van der Waals surface area contributed by atoms with Crippen LogP contribution in [0.3, 0.4) is 0 Å². The lowest BCUT2D eigenvalue weighted by molar-refractivity contribution is -0.873. The maximum absolute atomic E-state index is 10.6. The van der Waals surface area contributed by atoms with E-state index in [0.717, 1.165) is 0 Å². The fourth-order valence-corrected chi connectivity index (χ4v) is 0.441. The molecule has 0 unspecified atom stereocenters. The number of aliphatic hydroxyl groups excluding tert-OH is 1. The van der Waals surface area contributed by atoms with Gasteiger partial charge in [0.1, 0.15) is 12.6 Å². The molecule has 0 saturated carbocycles. The van der Waals surface area contributed by atoms with Crippen molar-refractivity contribution in [2.75, 3.05) is 27.5 Å². The fraction of sp³-hybridized carbons (Fsp3) is 0.857. The molecule has 0 spiro atoms. The van der Waals surface area contributed by atoms with Crippen molar-refractivity contribution in [3.05, 3.63) is 0 Å². The summed E-state index contributed by atoms with van der Waals surface area (Å²) in [6.07, 6.45) is -6.27. The minimum Gasteiger partial charge on any atom is -0.550 e. The Morgan fingerprint density at radius 3 is 2.73 bits per heavy atom. The van der Waals surface area contributed by atoms with Crippen LogP contribution in [0.4, 0.5) is 0 Å². The number of carboxylic acid groups (broad SMARTS) is 1. The molecule has 11 heavy (non-hydrogen) atoms. The first-order chi connectivity index (χ1) is 9.32. The van der Waals surface area contributed by atoms with Crippen molar-refractivity contribution in [3.8, 4) is 0 Å². The third-order valence-corrected chi connectivity index (χ3v) is 0.731. The van der Waals surface area contributed by atoms with Gasteiger partial charge in [-0.05, 0) is 0 Å². The van der Waals surface area contributed by atoms with Crippen LogP contribution in [0.25, 0.3) is 0 Å². The zero-order valence-corrected chi connectivity index (χ0v) is 5.50. The number of aliphatic carboxylic acids is 1. The highest BCUT2D eigenvalue weighted by Crippen LogP contribution is 1.97. The molecule has 0 heterocycles. The van der Waals surface area contributed by atoms with Gasteiger partial charge in [-0.1, -0.05) is 0 Å². The molecule has 0 bridgehead atoms. The van der Waals surface area contributed by atoms with E-state index in [2.05, 4.69) is 0 Å². The van der Waals surface area contributed by atoms with E-state index in [1.165, 1.54) is 0 Å². The molecule has 4 nitrogen and oxygen atoms in total. The Labute approximate surface area is 82.1 Å². The first-order valence-corrected chi connectivity index (χ1v) is 2.60. The van der Waals surface area contributed by atoms with E-state index in [0.29, 0.717) is 0 Å². The van der Waals surface area contributed by atoms with Crippen molar-refractivity contribution in [1.29, 1.82) is 0 Å². The van der Waals surface area contributed by atoms with E-state index in [4.69, 9.17) is 15.1 Å². The van der Waals surface area contributed by atoms with E-state index in [1.54, 1.807) is 0 Å². The number of carbonyl (C=O) groups is 1. The lowest BCUT2D eigenvalue weighted by atomic mass is 10.2. The molecule has 0 aliphatic heterocycles. The maximum atomic E-state index is 10.6. The molecular weight excluding hydrogens is 146 g/mol. The number of hydrogen-bond donors (Lipinski definition) is 1. The van der Waals surface area contributed by atoms with E-state index in [9.17, 15) is 15.0 Å². The maximum Gasteiger partial charge on any atom is 0.108 e. The predicted molar refractivity (Wildman–Crippen MR) is 38.5 cm³/mol. The van der Waals surface area contributed by atoms with Crippen LogP contribution in [0.2, 0.25) is 0 Å². The molecule has 0 radical (unpaired) electrons. The first kappa shape index (κ1) is 2.20. The minimum atomic E-state index is -3.71. The van der Waals surface area contributed by atoms with E-state index in [1.807, 2.05) is 0 Å². The third kappa shape index (κ3) is 7.29. The second-order valence-corrected chi connectivity index (χ2v) is 1.94. The highest BCUT2D eigenvalue weighted by atomic mass is 16.4. The predicted octanol–water partition coefficient (Wildman–Crippen LogP) is -1.81. The Morgan fingerprint density at radius 1 is 1.82 bits per heavy atom. The molecule has 0 amide bonds. The average molecular weight is 172 g/mol. The summed E-state index contributed by atoms with van der Waals surface area (Å²) in [7, 11) is 0. The SMILES string of the molecule is [2H]C([2H])(C(=O)[O-])[C@H](O)C[N+](C([2H])([2H])[2H])(C([2H])([2H])[2H])C([2H])([2H])[2H]. The molecule has 0 aromatic carbocycles. The van der Waals surface area contributed by atoms with Gasteiger partial charge in [0.2, 0.25) is 0 Å². The summed E-state index contributed by atoms with van der Waals surface area (Å²) in [4.78, 5) is 10.6. The van der Waals surface area contributed by atoms with Crippen LogP contribution in [-0.4, -0.2) is 49.1 Å². The van der Waals surface area contributed by atoms with Crippen LogP contribution < -0.4 is 5.11 Å². The lowest BCUT2D eigenvalue weighted by Crippen LogP contribution is -2.43. The molecule has 0 aromatic heterocycles. The zero-order chi connectivity index (χ0) is 18.4. The molecule has 0 aromatic rings. The molecule has 1 N–H and O–H groups in total. The first-order valence-electron chi connectivity index (χ1n) is 8.10. The number of rotatable bonds is 4. The van der Waals surface area contributed by atoms with Crippen molar-refractivity contribution in [1.82, 2.24) is 0 Å². The average Bonchev–Trinajstić information content (AvgIpc) is 2.19. The van der Waals surface area contributed by atoms with Crippen molar-refractivity contribution in [2.24, 2.45) is 0 Å². The van der Waals surface area contributed by atoms with Gasteiger partial charge in [-0.2, -0.15) is 0 Å². The van der Waals surface area contributed by atoms with Gasteiger partial charge in [0, 0.05) is 15.1 Å². The molecule has 4 heteroatoms. The largest absolute Gasteiger partial charge is 0.550 e. The summed E-state index contributed by atoms with van der Waals surface area (Å²) < 4.78 is 76.7. The Kier molecular flexibility index (Phi) is 0.738. The number of hydrogen-bond acceptors (Lipinski definition) is 3. The van der Waals surface area contributed by atoms with Gasteiger partial charge in [-0.25, -0.2) is 0 Å². The van der Waals surface area contributed by atoms with Crippen LogP contribution in [-0.2, 0) is 4.79 Å². The quantitative estimate of drug-likeness (QED) is 0.509. The minimum absolute atomic E-state index is 1.70. The summed E-state index contributed by atoms with van der Waals surface area (Å²) in [5, 5.41) is 20.2. The van der Waals surface area contributed by atoms with Crippen LogP contribution in [0, 0.1) is 0 Å². The topological polar surface area (TPSA) is 60.4 Å². The summed E-state index contributed by atoms with van der Waals surface area (Å²) in [5.41, 5.74) is 0. The number of likely N-dealkylation sites (N-methyl/N-ethyl adjacent to an activating group) is 1. The van der Waals surface area contributed by atoms with E-state index >= 15 is 0 Å². The number of quaternary nitrogens is 1. The molecule has 66 valence electrons. The number of nitrogens with zero attached hydrogens (tertiary/aromatic N) is 1. The molecule has 1 atom stereocenters. The molecule has 0 aliphatic rings. The normalized spacial score (nSPS) is 34.1. The molecule has 0 rings (SSSR count). The molecular formula is C7H15NO3. The van der Waals surface area contributed by atoms with Crippen LogP contribution in [0.15, 0.2) is 0 Å². The second kappa shape index (κ2) is 3.69. The van der Waals surface area contributed by atoms with Crippen LogP contribution in [0.5, 0.6) is 0 Å². The van der Waals surface area contributed by atoms with Gasteiger partial charge >= 0.3 is 0 Å². The Morgan fingerprint density at radius 2 is 2.36 bits per heavy atom. The Bertz CT molecular complexity index is 387. The second-order valence-electron chi connectivity index (χ2n) is 1.94. The molecule has 0 saturated heterocycles. The number of aliphatic hydroxyl groups is 1. The van der Waals surface area contributed by atoms with Crippen molar-refractivity contribution >= 4 is 5.97 Å². The highest BCUT2D eigenvalue weighted by Gasteiger charge is 2.14. The zero-order valence-electron chi connectivity index (χ0n) is 16.5. The smallest absolute Gasteiger partial charge is 0.108 e. The van der Waals surface area contributed by atoms with Gasteiger partial charge in [0.25, 0.3) is 0 Å². The van der Waals surface area contributed by atoms with Crippen LogP contribution >= 0.6 is 0 Å². The van der Waals surface area contributed by atoms with Gasteiger partial charge in [-0.15, -0.1) is 0 Å². The van der Waals surface area contributed by atoms with Gasteiger partial charge < -0.3 is 19.5 Å². The molecule has 0 fully saturated rings. The van der Waals surface area contributed by atoms with Gasteiger partial charge in [0.15, 0.2) is 0 Å². The fourth-order valence-electron chi connectivity index (χ4n) is 0.441. The summed E-state index contributed by atoms with van der Waals surface area (Å²) >= 11 is 0. The number of carboxylic acids is 1. The van der Waals surface area contributed by atoms with Gasteiger partial charge in [-0.3, -0.25) is 0 Å². The lowest BCUT2D eigenvalue weighted by Gasteiger charge is -2.26. The summed E-state index contributed by atoms with van der Waals surface area (Å²) in [6.45, 7) is -12.8. The Balaban J connectivity index is 6.20. The van der Waals surface area contributed by atoms with Gasteiger partial charge in [0.05, 0.1) is 33.3 Å². The Hall–Kier alpha value is -0.610. The number of carbonyl (C=O) groups excluding carboxylic acids is 1. The third-order valence-electron chi connectivity index (χ3n) is 0.731. The molecule has 0 aliphatic carbocycles. The van der Waals surface area contributed by atoms with Crippen LogP contribution in [0.1, 0.15) is 21.5 Å². The van der Waals surface area contributed by atoms with Crippen molar-refractivity contribution < 1.29 is 34.6 Å². The highest BCUT2D eigenvalue weighted by molar-refractivity contribution is 5.64. The van der Waals surface area contributed by atoms with E-state index < -0.39 is 50.4 Å².